The van der Waals surface area contributed by atoms with Crippen molar-refractivity contribution >= 4 is 11.0 Å². The molecule has 2 heterocycles. The maximum absolute atomic E-state index is 8.88. The van der Waals surface area contributed by atoms with Crippen molar-refractivity contribution in [3.63, 3.8) is 0 Å². The monoisotopic (exact) mass is 316 g/mol. The fourth-order valence-corrected chi connectivity index (χ4v) is 3.48. The quantitative estimate of drug-likeness (QED) is 0.801. The van der Waals surface area contributed by atoms with Crippen LogP contribution in [-0.4, -0.2) is 28.0 Å². The first-order valence-corrected chi connectivity index (χ1v) is 8.39. The summed E-state index contributed by atoms with van der Waals surface area (Å²) in [6.07, 6.45) is 1.13. The Morgan fingerprint density at radius 3 is 2.88 bits per heavy atom. The van der Waals surface area contributed by atoms with Crippen LogP contribution in [0.15, 0.2) is 42.5 Å². The third-order valence-electron chi connectivity index (χ3n) is 4.80. The summed E-state index contributed by atoms with van der Waals surface area (Å²) in [5.74, 6) is 1.58. The molecule has 0 aliphatic carbocycles. The van der Waals surface area contributed by atoms with Crippen molar-refractivity contribution in [3.8, 4) is 6.07 Å². The molecule has 4 nitrogen and oxygen atoms in total. The Morgan fingerprint density at radius 2 is 2.08 bits per heavy atom. The van der Waals surface area contributed by atoms with Gasteiger partial charge in [-0.3, -0.25) is 4.90 Å². The predicted molar refractivity (Wildman–Crippen MR) is 94.6 cm³/mol. The molecule has 4 rings (SSSR count). The molecule has 4 heteroatoms. The van der Waals surface area contributed by atoms with Crippen LogP contribution < -0.4 is 0 Å². The van der Waals surface area contributed by atoms with Crippen LogP contribution in [0.3, 0.4) is 0 Å². The summed E-state index contributed by atoms with van der Waals surface area (Å²) in [5.41, 5.74) is 5.42. The van der Waals surface area contributed by atoms with Gasteiger partial charge >= 0.3 is 0 Å². The molecule has 1 fully saturated rings. The number of hydrogen-bond acceptors (Lipinski definition) is 3. The Hall–Kier alpha value is -2.64. The molecule has 1 unspecified atom stereocenters. The van der Waals surface area contributed by atoms with Gasteiger partial charge in [0.05, 0.1) is 22.7 Å². The van der Waals surface area contributed by atoms with Crippen molar-refractivity contribution in [1.82, 2.24) is 14.9 Å². The van der Waals surface area contributed by atoms with Crippen LogP contribution in [0.5, 0.6) is 0 Å². The SMILES string of the molecule is Cc1ccc2nc(C3CCN(Cc4ccc(C#N)cc4)C3)[nH]c2c1. The molecule has 0 amide bonds. The molecule has 1 N–H and O–H groups in total. The number of fused-ring (bicyclic) bond motifs is 1. The molecule has 0 spiro atoms. The lowest BCUT2D eigenvalue weighted by atomic mass is 10.1. The maximum atomic E-state index is 8.88. The average molecular weight is 316 g/mol. The minimum Gasteiger partial charge on any atom is -0.342 e. The molecular formula is C20H20N4. The van der Waals surface area contributed by atoms with E-state index in [0.717, 1.165) is 48.5 Å². The van der Waals surface area contributed by atoms with Crippen LogP contribution in [0.4, 0.5) is 0 Å². The second-order valence-electron chi connectivity index (χ2n) is 6.67. The number of nitrogens with one attached hydrogen (secondary N) is 1. The average Bonchev–Trinajstić information content (AvgIpc) is 3.21. The highest BCUT2D eigenvalue weighted by molar-refractivity contribution is 5.75. The molecule has 0 saturated carbocycles. The van der Waals surface area contributed by atoms with E-state index in [1.807, 2.05) is 12.1 Å². The minimum absolute atomic E-state index is 0.469. The third kappa shape index (κ3) is 2.91. The molecule has 0 radical (unpaired) electrons. The van der Waals surface area contributed by atoms with Crippen LogP contribution in [0, 0.1) is 18.3 Å². The Labute approximate surface area is 141 Å². The summed E-state index contributed by atoms with van der Waals surface area (Å²) in [6.45, 7) is 5.15. The standard InChI is InChI=1S/C20H20N4/c1-14-2-7-18-19(10-14)23-20(22-18)17-8-9-24(13-17)12-16-5-3-15(11-21)4-6-16/h2-7,10,17H,8-9,12-13H2,1H3,(H,22,23). The number of nitrogens with zero attached hydrogens (tertiary/aromatic N) is 3. The van der Waals surface area contributed by atoms with Crippen LogP contribution in [0.25, 0.3) is 11.0 Å². The van der Waals surface area contributed by atoms with Crippen molar-refractivity contribution in [1.29, 1.82) is 5.26 Å². The fraction of sp³-hybridized carbons (Fsp3) is 0.300. The van der Waals surface area contributed by atoms with Crippen molar-refractivity contribution in [2.24, 2.45) is 0 Å². The molecule has 1 saturated heterocycles. The number of hydrogen-bond donors (Lipinski definition) is 1. The number of rotatable bonds is 3. The number of aromatic amines is 1. The number of likely N-dealkylation sites (tertiary alicyclic amines) is 1. The van der Waals surface area contributed by atoms with Gasteiger partial charge in [0.1, 0.15) is 5.82 Å². The Kier molecular flexibility index (Phi) is 3.79. The van der Waals surface area contributed by atoms with Crippen molar-refractivity contribution in [2.45, 2.75) is 25.8 Å². The van der Waals surface area contributed by atoms with Crippen LogP contribution in [-0.2, 0) is 6.54 Å². The van der Waals surface area contributed by atoms with E-state index < -0.39 is 0 Å². The van der Waals surface area contributed by atoms with E-state index in [1.54, 1.807) is 0 Å². The highest BCUT2D eigenvalue weighted by atomic mass is 15.2. The fourth-order valence-electron chi connectivity index (χ4n) is 3.48. The van der Waals surface area contributed by atoms with E-state index in [-0.39, 0.29) is 0 Å². The normalized spacial score (nSPS) is 18.1. The Balaban J connectivity index is 1.46. The first-order valence-electron chi connectivity index (χ1n) is 8.39. The smallest absolute Gasteiger partial charge is 0.111 e. The Morgan fingerprint density at radius 1 is 1.25 bits per heavy atom. The van der Waals surface area contributed by atoms with E-state index in [9.17, 15) is 0 Å². The number of aromatic nitrogens is 2. The third-order valence-corrected chi connectivity index (χ3v) is 4.80. The van der Waals surface area contributed by atoms with Crippen LogP contribution in [0.1, 0.15) is 34.9 Å². The summed E-state index contributed by atoms with van der Waals surface area (Å²) in [5, 5.41) is 8.88. The van der Waals surface area contributed by atoms with E-state index >= 15 is 0 Å². The first kappa shape index (κ1) is 14.9. The highest BCUT2D eigenvalue weighted by Crippen LogP contribution is 2.28. The zero-order chi connectivity index (χ0) is 16.5. The van der Waals surface area contributed by atoms with Crippen molar-refractivity contribution < 1.29 is 0 Å². The summed E-state index contributed by atoms with van der Waals surface area (Å²) < 4.78 is 0. The Bertz CT molecular complexity index is 902. The van der Waals surface area contributed by atoms with E-state index in [4.69, 9.17) is 10.2 Å². The molecule has 1 aromatic heterocycles. The van der Waals surface area contributed by atoms with Gasteiger partial charge in [-0.15, -0.1) is 0 Å². The van der Waals surface area contributed by atoms with Gasteiger partial charge in [-0.05, 0) is 55.3 Å². The topological polar surface area (TPSA) is 55.7 Å². The van der Waals surface area contributed by atoms with Gasteiger partial charge in [0.2, 0.25) is 0 Å². The summed E-state index contributed by atoms with van der Waals surface area (Å²) >= 11 is 0. The first-order chi connectivity index (χ1) is 11.7. The number of H-pyrrole nitrogens is 1. The van der Waals surface area contributed by atoms with Gasteiger partial charge in [0, 0.05) is 19.0 Å². The van der Waals surface area contributed by atoms with Crippen LogP contribution in [0.2, 0.25) is 0 Å². The van der Waals surface area contributed by atoms with Gasteiger partial charge < -0.3 is 4.98 Å². The number of aryl methyl sites for hydroxylation is 1. The van der Waals surface area contributed by atoms with Gasteiger partial charge in [-0.25, -0.2) is 4.98 Å². The summed E-state index contributed by atoms with van der Waals surface area (Å²) in [6, 6.07) is 16.4. The zero-order valence-electron chi connectivity index (χ0n) is 13.8. The zero-order valence-corrected chi connectivity index (χ0v) is 13.8. The minimum atomic E-state index is 0.469. The lowest BCUT2D eigenvalue weighted by Crippen LogP contribution is -2.19. The van der Waals surface area contributed by atoms with Crippen molar-refractivity contribution in [2.75, 3.05) is 13.1 Å². The van der Waals surface area contributed by atoms with Crippen LogP contribution >= 0.6 is 0 Å². The van der Waals surface area contributed by atoms with Gasteiger partial charge in [0.25, 0.3) is 0 Å². The van der Waals surface area contributed by atoms with Gasteiger partial charge in [-0.1, -0.05) is 18.2 Å². The number of benzene rings is 2. The molecule has 0 bridgehead atoms. The number of imidazole rings is 1. The molecule has 3 aromatic rings. The lowest BCUT2D eigenvalue weighted by molar-refractivity contribution is 0.326. The van der Waals surface area contributed by atoms with Gasteiger partial charge in [0.15, 0.2) is 0 Å². The molecule has 24 heavy (non-hydrogen) atoms. The molecular weight excluding hydrogens is 296 g/mol. The molecule has 120 valence electrons. The molecule has 1 aliphatic rings. The summed E-state index contributed by atoms with van der Waals surface area (Å²) in [4.78, 5) is 10.7. The molecule has 1 aliphatic heterocycles. The summed E-state index contributed by atoms with van der Waals surface area (Å²) in [7, 11) is 0. The van der Waals surface area contributed by atoms with E-state index in [2.05, 4.69) is 53.2 Å². The highest BCUT2D eigenvalue weighted by Gasteiger charge is 2.26. The predicted octanol–water partition coefficient (Wildman–Crippen LogP) is 3.73. The number of nitriles is 1. The molecule has 2 aromatic carbocycles. The largest absolute Gasteiger partial charge is 0.342 e. The maximum Gasteiger partial charge on any atom is 0.111 e. The van der Waals surface area contributed by atoms with E-state index in [1.165, 1.54) is 11.1 Å². The van der Waals surface area contributed by atoms with Gasteiger partial charge in [-0.2, -0.15) is 5.26 Å². The molecule has 1 atom stereocenters. The van der Waals surface area contributed by atoms with E-state index in [0.29, 0.717) is 5.92 Å². The lowest BCUT2D eigenvalue weighted by Gasteiger charge is -2.15. The second-order valence-corrected chi connectivity index (χ2v) is 6.67. The second kappa shape index (κ2) is 6.10. The van der Waals surface area contributed by atoms with Crippen molar-refractivity contribution in [3.05, 3.63) is 65.0 Å².